The summed E-state index contributed by atoms with van der Waals surface area (Å²) < 4.78 is 1.77. The summed E-state index contributed by atoms with van der Waals surface area (Å²) in [6, 6.07) is 7.44. The van der Waals surface area contributed by atoms with Crippen molar-refractivity contribution in [1.29, 1.82) is 0 Å². The molecule has 0 amide bonds. The van der Waals surface area contributed by atoms with Gasteiger partial charge in [0.1, 0.15) is 4.83 Å². The van der Waals surface area contributed by atoms with E-state index < -0.39 is 0 Å². The zero-order chi connectivity index (χ0) is 20.5. The van der Waals surface area contributed by atoms with E-state index >= 15 is 0 Å². The second-order valence-corrected chi connectivity index (χ2v) is 10.3. The Morgan fingerprint density at radius 2 is 2.03 bits per heavy atom. The number of hydrogen-bond donors (Lipinski definition) is 0. The van der Waals surface area contributed by atoms with Crippen molar-refractivity contribution < 1.29 is 0 Å². The topological polar surface area (TPSA) is 41.4 Å². The van der Waals surface area contributed by atoms with Crippen LogP contribution in [0.2, 0.25) is 5.02 Å². The third-order valence-electron chi connectivity index (χ3n) is 5.10. The number of thiophene rings is 1. The Morgan fingerprint density at radius 3 is 2.76 bits per heavy atom. The third-order valence-corrected chi connectivity index (χ3v) is 7.49. The van der Waals surface area contributed by atoms with Crippen molar-refractivity contribution >= 4 is 44.9 Å². The van der Waals surface area contributed by atoms with E-state index in [9.17, 15) is 4.79 Å². The average Bonchev–Trinajstić information content (AvgIpc) is 3.03. The van der Waals surface area contributed by atoms with Gasteiger partial charge in [-0.2, -0.15) is 0 Å². The van der Waals surface area contributed by atoms with Crippen molar-refractivity contribution in [3.05, 3.63) is 50.1 Å². The number of likely N-dealkylation sites (N-methyl/N-ethyl adjacent to an activating group) is 1. The van der Waals surface area contributed by atoms with Gasteiger partial charge in [0.15, 0.2) is 5.16 Å². The molecular formula is C21H25ClN4OS2. The summed E-state index contributed by atoms with van der Waals surface area (Å²) in [4.78, 5) is 25.2. The highest BCUT2D eigenvalue weighted by Crippen LogP contribution is 2.34. The Balaban J connectivity index is 1.82. The van der Waals surface area contributed by atoms with Gasteiger partial charge in [0.2, 0.25) is 0 Å². The number of rotatable bonds is 6. The summed E-state index contributed by atoms with van der Waals surface area (Å²) in [5.74, 6) is 0.914. The Morgan fingerprint density at radius 1 is 1.28 bits per heavy atom. The predicted octanol–water partition coefficient (Wildman–Crippen LogP) is 4.13. The number of fused-ring (bicyclic) bond motifs is 3. The fraction of sp³-hybridized carbons (Fsp3) is 0.429. The number of hydrogen-bond acceptors (Lipinski definition) is 6. The van der Waals surface area contributed by atoms with Gasteiger partial charge in [-0.15, -0.1) is 11.3 Å². The lowest BCUT2D eigenvalue weighted by Gasteiger charge is -2.21. The van der Waals surface area contributed by atoms with Crippen LogP contribution in [0.3, 0.4) is 0 Å². The molecule has 0 unspecified atom stereocenters. The summed E-state index contributed by atoms with van der Waals surface area (Å²) in [6.07, 6.45) is 1.94. The van der Waals surface area contributed by atoms with Crippen LogP contribution in [0.25, 0.3) is 15.9 Å². The zero-order valence-corrected chi connectivity index (χ0v) is 19.3. The Bertz CT molecular complexity index is 1070. The first-order valence-corrected chi connectivity index (χ1v) is 11.9. The van der Waals surface area contributed by atoms with Gasteiger partial charge in [-0.25, -0.2) is 4.98 Å². The van der Waals surface area contributed by atoms with E-state index in [-0.39, 0.29) is 5.56 Å². The first-order chi connectivity index (χ1) is 13.9. The molecule has 1 aliphatic heterocycles. The molecule has 29 heavy (non-hydrogen) atoms. The molecule has 5 nitrogen and oxygen atoms in total. The molecule has 0 atom stereocenters. The maximum Gasteiger partial charge on any atom is 0.267 e. The quantitative estimate of drug-likeness (QED) is 0.322. The third kappa shape index (κ3) is 4.39. The van der Waals surface area contributed by atoms with Crippen molar-refractivity contribution in [2.24, 2.45) is 0 Å². The molecule has 0 saturated heterocycles. The molecule has 3 aromatic rings. The van der Waals surface area contributed by atoms with Crippen LogP contribution in [-0.2, 0) is 13.0 Å². The minimum absolute atomic E-state index is 0.0366. The van der Waals surface area contributed by atoms with E-state index in [0.717, 1.165) is 59.3 Å². The molecule has 0 spiro atoms. The van der Waals surface area contributed by atoms with Gasteiger partial charge >= 0.3 is 0 Å². The molecule has 0 radical (unpaired) electrons. The fourth-order valence-electron chi connectivity index (χ4n) is 3.61. The summed E-state index contributed by atoms with van der Waals surface area (Å²) in [5.41, 5.74) is 2.04. The van der Waals surface area contributed by atoms with E-state index in [4.69, 9.17) is 16.6 Å². The fourth-order valence-corrected chi connectivity index (χ4v) is 6.01. The van der Waals surface area contributed by atoms with Gasteiger partial charge in [-0.3, -0.25) is 9.36 Å². The molecule has 0 aliphatic carbocycles. The largest absolute Gasteiger partial charge is 0.309 e. The molecule has 0 fully saturated rings. The second-order valence-electron chi connectivity index (χ2n) is 7.69. The minimum atomic E-state index is 0.0366. The Kier molecular flexibility index (Phi) is 6.32. The second kappa shape index (κ2) is 8.78. The lowest BCUT2D eigenvalue weighted by Crippen LogP contribution is -2.27. The number of halogens is 1. The molecule has 8 heteroatoms. The van der Waals surface area contributed by atoms with Crippen LogP contribution >= 0.6 is 34.7 Å². The van der Waals surface area contributed by atoms with Crippen molar-refractivity contribution in [2.45, 2.75) is 24.5 Å². The van der Waals surface area contributed by atoms with Gasteiger partial charge < -0.3 is 9.80 Å². The van der Waals surface area contributed by atoms with Crippen molar-refractivity contribution in [1.82, 2.24) is 19.4 Å². The molecular weight excluding hydrogens is 424 g/mol. The van der Waals surface area contributed by atoms with Gasteiger partial charge in [-0.05, 0) is 70.4 Å². The Labute approximate surface area is 184 Å². The van der Waals surface area contributed by atoms with Gasteiger partial charge in [-0.1, -0.05) is 23.4 Å². The number of benzene rings is 1. The highest BCUT2D eigenvalue weighted by Gasteiger charge is 2.24. The number of nitrogens with zero attached hydrogens (tertiary/aromatic N) is 4. The monoisotopic (exact) mass is 448 g/mol. The van der Waals surface area contributed by atoms with E-state index in [1.165, 1.54) is 10.4 Å². The van der Waals surface area contributed by atoms with E-state index in [2.05, 4.69) is 30.9 Å². The van der Waals surface area contributed by atoms with Gasteiger partial charge in [0, 0.05) is 28.7 Å². The zero-order valence-electron chi connectivity index (χ0n) is 16.9. The predicted molar refractivity (Wildman–Crippen MR) is 124 cm³/mol. The first-order valence-electron chi connectivity index (χ1n) is 9.73. The standard InChI is InChI=1S/C21H25ClN4OS2/c1-24(2)10-4-12-28-21-23-19-18(16-9-11-25(3)13-17(16)29-19)20(27)26(21)15-7-5-14(22)6-8-15/h5-8H,4,9-13H2,1-3H3. The smallest absolute Gasteiger partial charge is 0.267 e. The molecule has 154 valence electrons. The van der Waals surface area contributed by atoms with Crippen molar-refractivity contribution in [3.63, 3.8) is 0 Å². The van der Waals surface area contributed by atoms with Crippen LogP contribution in [0.5, 0.6) is 0 Å². The highest BCUT2D eigenvalue weighted by molar-refractivity contribution is 7.99. The van der Waals surface area contributed by atoms with Crippen molar-refractivity contribution in [3.8, 4) is 5.69 Å². The van der Waals surface area contributed by atoms with E-state index in [0.29, 0.717) is 5.02 Å². The first kappa shape index (κ1) is 20.9. The van der Waals surface area contributed by atoms with E-state index in [1.807, 2.05) is 24.3 Å². The van der Waals surface area contributed by atoms with Gasteiger partial charge in [0.05, 0.1) is 11.1 Å². The summed E-state index contributed by atoms with van der Waals surface area (Å²) in [7, 11) is 6.27. The highest BCUT2D eigenvalue weighted by atomic mass is 35.5. The van der Waals surface area contributed by atoms with Crippen LogP contribution in [-0.4, -0.2) is 59.3 Å². The SMILES string of the molecule is CN(C)CCCSc1nc2sc3c(c2c(=O)n1-c1ccc(Cl)cc1)CCN(C)C3. The lowest BCUT2D eigenvalue weighted by atomic mass is 10.1. The molecule has 0 bridgehead atoms. The average molecular weight is 449 g/mol. The van der Waals surface area contributed by atoms with Crippen LogP contribution < -0.4 is 5.56 Å². The number of aromatic nitrogens is 2. The molecule has 2 aromatic heterocycles. The molecule has 3 heterocycles. The molecule has 0 N–H and O–H groups in total. The van der Waals surface area contributed by atoms with Crippen LogP contribution in [0.1, 0.15) is 16.9 Å². The van der Waals surface area contributed by atoms with Crippen molar-refractivity contribution in [2.75, 3.05) is 40.0 Å². The molecule has 1 aliphatic rings. The van der Waals surface area contributed by atoms with Crippen LogP contribution in [0.15, 0.2) is 34.2 Å². The number of thioether (sulfide) groups is 1. The maximum atomic E-state index is 13.7. The van der Waals surface area contributed by atoms with Crippen LogP contribution in [0, 0.1) is 0 Å². The normalized spacial score (nSPS) is 14.7. The summed E-state index contributed by atoms with van der Waals surface area (Å²) in [5, 5.41) is 2.22. The molecule has 1 aromatic carbocycles. The lowest BCUT2D eigenvalue weighted by molar-refractivity contribution is 0.318. The Hall–Kier alpha value is -1.38. The molecule has 4 rings (SSSR count). The summed E-state index contributed by atoms with van der Waals surface area (Å²) in [6.45, 7) is 2.88. The van der Waals surface area contributed by atoms with Gasteiger partial charge in [0.25, 0.3) is 5.56 Å². The maximum absolute atomic E-state index is 13.7. The summed E-state index contributed by atoms with van der Waals surface area (Å²) >= 11 is 9.41. The van der Waals surface area contributed by atoms with Crippen LogP contribution in [0.4, 0.5) is 0 Å². The minimum Gasteiger partial charge on any atom is -0.309 e. The molecule has 0 saturated carbocycles. The van der Waals surface area contributed by atoms with E-state index in [1.54, 1.807) is 27.7 Å².